The summed E-state index contributed by atoms with van der Waals surface area (Å²) in [7, 11) is 1.84. The minimum absolute atomic E-state index is 0. The number of hydrogen-bond acceptors (Lipinski definition) is 4. The Balaban J connectivity index is 0.00000242. The number of nitrogens with one attached hydrogen (secondary N) is 1. The third kappa shape index (κ3) is 5.66. The molecule has 1 aliphatic heterocycles. The first kappa shape index (κ1) is 19.6. The molecule has 0 amide bonds. The fourth-order valence-electron chi connectivity index (χ4n) is 2.54. The van der Waals surface area contributed by atoms with Crippen LogP contribution in [0, 0.1) is 5.92 Å². The summed E-state index contributed by atoms with van der Waals surface area (Å²) in [5.41, 5.74) is 1.10. The number of guanidine groups is 1. The van der Waals surface area contributed by atoms with Crippen LogP contribution in [0.2, 0.25) is 0 Å². The summed E-state index contributed by atoms with van der Waals surface area (Å²) in [6.45, 7) is 8.66. The summed E-state index contributed by atoms with van der Waals surface area (Å²) in [5.74, 6) is 1.59. The summed E-state index contributed by atoms with van der Waals surface area (Å²) >= 11 is 1.73. The maximum absolute atomic E-state index is 5.53. The smallest absolute Gasteiger partial charge is 0.193 e. The van der Waals surface area contributed by atoms with Gasteiger partial charge in [0.2, 0.25) is 0 Å². The van der Waals surface area contributed by atoms with Crippen molar-refractivity contribution in [1.82, 2.24) is 15.2 Å². The molecule has 1 saturated heterocycles. The summed E-state index contributed by atoms with van der Waals surface area (Å²) in [4.78, 5) is 11.3. The molecule has 0 aromatic carbocycles. The molecule has 0 saturated carbocycles. The van der Waals surface area contributed by atoms with Crippen LogP contribution in [0.5, 0.6) is 0 Å². The van der Waals surface area contributed by atoms with Gasteiger partial charge in [-0.2, -0.15) is 0 Å². The Kier molecular flexibility index (Phi) is 9.27. The molecule has 0 radical (unpaired) electrons. The lowest BCUT2D eigenvalue weighted by Gasteiger charge is -2.21. The van der Waals surface area contributed by atoms with Gasteiger partial charge in [-0.3, -0.25) is 4.99 Å². The molecule has 1 aromatic heterocycles. The van der Waals surface area contributed by atoms with Crippen molar-refractivity contribution in [3.05, 3.63) is 16.1 Å². The number of aromatic nitrogens is 1. The topological polar surface area (TPSA) is 49.8 Å². The van der Waals surface area contributed by atoms with Crippen molar-refractivity contribution in [3.63, 3.8) is 0 Å². The van der Waals surface area contributed by atoms with Crippen molar-refractivity contribution in [3.8, 4) is 0 Å². The van der Waals surface area contributed by atoms with E-state index in [9.17, 15) is 0 Å². The Morgan fingerprint density at radius 3 is 3.00 bits per heavy atom. The lowest BCUT2D eigenvalue weighted by Crippen LogP contribution is -2.39. The summed E-state index contributed by atoms with van der Waals surface area (Å²) in [6, 6.07) is 0. The normalized spacial score (nSPS) is 18.4. The molecule has 2 rings (SSSR count). The van der Waals surface area contributed by atoms with E-state index in [2.05, 4.69) is 32.5 Å². The quantitative estimate of drug-likeness (QED) is 0.422. The molecule has 1 fully saturated rings. The average Bonchev–Trinajstić information content (AvgIpc) is 3.15. The van der Waals surface area contributed by atoms with E-state index in [0.717, 1.165) is 50.9 Å². The van der Waals surface area contributed by atoms with Gasteiger partial charge in [0.05, 0.1) is 23.9 Å². The second-order valence-corrected chi connectivity index (χ2v) is 6.19. The van der Waals surface area contributed by atoms with Gasteiger partial charge >= 0.3 is 0 Å². The van der Waals surface area contributed by atoms with E-state index in [0.29, 0.717) is 5.92 Å². The van der Waals surface area contributed by atoms with Gasteiger partial charge in [-0.25, -0.2) is 4.98 Å². The Labute approximate surface area is 154 Å². The third-order valence-electron chi connectivity index (χ3n) is 3.68. The molecule has 1 aliphatic rings. The zero-order valence-electron chi connectivity index (χ0n) is 13.7. The molecule has 1 N–H and O–H groups in total. The molecule has 0 bridgehead atoms. The van der Waals surface area contributed by atoms with Crippen LogP contribution in [0.4, 0.5) is 0 Å². The largest absolute Gasteiger partial charge is 0.381 e. The number of aliphatic imine (C=N–C) groups is 1. The van der Waals surface area contributed by atoms with E-state index in [1.54, 1.807) is 11.3 Å². The predicted octanol–water partition coefficient (Wildman–Crippen LogP) is 2.76. The SMILES string of the molecule is CCOCC1CCN(C(=NC)NCc2csc(CC)n2)C1.I. The summed E-state index contributed by atoms with van der Waals surface area (Å²) in [6.07, 6.45) is 2.18. The van der Waals surface area contributed by atoms with Crippen LogP contribution in [0.3, 0.4) is 0 Å². The first-order valence-electron chi connectivity index (χ1n) is 7.73. The highest BCUT2D eigenvalue weighted by molar-refractivity contribution is 14.0. The number of rotatable bonds is 6. The number of likely N-dealkylation sites (tertiary alicyclic amines) is 1. The van der Waals surface area contributed by atoms with Gasteiger partial charge in [-0.1, -0.05) is 6.92 Å². The Morgan fingerprint density at radius 2 is 2.36 bits per heavy atom. The molecule has 0 aliphatic carbocycles. The first-order chi connectivity index (χ1) is 10.3. The van der Waals surface area contributed by atoms with Gasteiger partial charge in [-0.05, 0) is 19.8 Å². The molecular weight excluding hydrogens is 411 g/mol. The Hall–Kier alpha value is -0.410. The van der Waals surface area contributed by atoms with Crippen molar-refractivity contribution in [2.75, 3.05) is 33.4 Å². The minimum atomic E-state index is 0. The van der Waals surface area contributed by atoms with Crippen LogP contribution in [0.15, 0.2) is 10.4 Å². The highest BCUT2D eigenvalue weighted by Gasteiger charge is 2.24. The van der Waals surface area contributed by atoms with Gasteiger partial charge in [0, 0.05) is 38.0 Å². The average molecular weight is 438 g/mol. The van der Waals surface area contributed by atoms with Crippen molar-refractivity contribution >= 4 is 41.3 Å². The zero-order chi connectivity index (χ0) is 15.1. The molecule has 126 valence electrons. The van der Waals surface area contributed by atoms with Gasteiger partial charge in [0.25, 0.3) is 0 Å². The van der Waals surface area contributed by atoms with Crippen LogP contribution in [0.25, 0.3) is 0 Å². The number of aryl methyl sites for hydroxylation is 1. The van der Waals surface area contributed by atoms with Crippen LogP contribution in [-0.2, 0) is 17.7 Å². The van der Waals surface area contributed by atoms with Gasteiger partial charge < -0.3 is 15.0 Å². The molecule has 1 atom stereocenters. The van der Waals surface area contributed by atoms with E-state index in [4.69, 9.17) is 4.74 Å². The lowest BCUT2D eigenvalue weighted by molar-refractivity contribution is 0.114. The van der Waals surface area contributed by atoms with Gasteiger partial charge in [0.15, 0.2) is 5.96 Å². The Bertz CT molecular complexity index is 466. The van der Waals surface area contributed by atoms with Crippen molar-refractivity contribution in [2.24, 2.45) is 10.9 Å². The monoisotopic (exact) mass is 438 g/mol. The highest BCUT2D eigenvalue weighted by atomic mass is 127. The van der Waals surface area contributed by atoms with E-state index < -0.39 is 0 Å². The van der Waals surface area contributed by atoms with Gasteiger partial charge in [-0.15, -0.1) is 35.3 Å². The number of hydrogen-bond donors (Lipinski definition) is 1. The van der Waals surface area contributed by atoms with E-state index in [1.165, 1.54) is 11.4 Å². The second-order valence-electron chi connectivity index (χ2n) is 5.25. The predicted molar refractivity (Wildman–Crippen MR) is 103 cm³/mol. The minimum Gasteiger partial charge on any atom is -0.381 e. The Morgan fingerprint density at radius 1 is 1.55 bits per heavy atom. The van der Waals surface area contributed by atoms with Crippen LogP contribution in [0.1, 0.15) is 31.0 Å². The maximum atomic E-state index is 5.53. The van der Waals surface area contributed by atoms with Crippen molar-refractivity contribution < 1.29 is 4.74 Å². The fraction of sp³-hybridized carbons (Fsp3) is 0.733. The number of ether oxygens (including phenoxy) is 1. The fourth-order valence-corrected chi connectivity index (χ4v) is 3.28. The van der Waals surface area contributed by atoms with Gasteiger partial charge in [0.1, 0.15) is 0 Å². The molecule has 7 heteroatoms. The number of nitrogens with zero attached hydrogens (tertiary/aromatic N) is 3. The van der Waals surface area contributed by atoms with Crippen LogP contribution >= 0.6 is 35.3 Å². The van der Waals surface area contributed by atoms with Crippen molar-refractivity contribution in [1.29, 1.82) is 0 Å². The van der Waals surface area contributed by atoms with E-state index in [-0.39, 0.29) is 24.0 Å². The second kappa shape index (κ2) is 10.4. The third-order valence-corrected chi connectivity index (χ3v) is 4.73. The lowest BCUT2D eigenvalue weighted by atomic mass is 10.1. The summed E-state index contributed by atoms with van der Waals surface area (Å²) < 4.78 is 5.53. The maximum Gasteiger partial charge on any atom is 0.193 e. The first-order valence-corrected chi connectivity index (χ1v) is 8.61. The van der Waals surface area contributed by atoms with Crippen LogP contribution < -0.4 is 5.32 Å². The standard InChI is InChI=1S/C15H26N4OS.HI/c1-4-14-18-13(11-21-14)8-17-15(16-3)19-7-6-12(9-19)10-20-5-2;/h11-12H,4-10H2,1-3H3,(H,16,17);1H. The molecular formula is C15H27IN4OS. The molecule has 2 heterocycles. The zero-order valence-corrected chi connectivity index (χ0v) is 16.8. The van der Waals surface area contributed by atoms with E-state index >= 15 is 0 Å². The molecule has 0 spiro atoms. The summed E-state index contributed by atoms with van der Waals surface area (Å²) in [5, 5.41) is 6.74. The molecule has 5 nitrogen and oxygen atoms in total. The van der Waals surface area contributed by atoms with E-state index in [1.807, 2.05) is 14.0 Å². The van der Waals surface area contributed by atoms with Crippen LogP contribution in [-0.4, -0.2) is 49.2 Å². The molecule has 22 heavy (non-hydrogen) atoms. The van der Waals surface area contributed by atoms with Crippen molar-refractivity contribution in [2.45, 2.75) is 33.2 Å². The number of halogens is 1. The highest BCUT2D eigenvalue weighted by Crippen LogP contribution is 2.17. The molecule has 1 unspecified atom stereocenters. The molecule has 1 aromatic rings. The number of thiazole rings is 1.